The van der Waals surface area contributed by atoms with Crippen LogP contribution >= 0.6 is 0 Å². The summed E-state index contributed by atoms with van der Waals surface area (Å²) < 4.78 is 38.6. The quantitative estimate of drug-likeness (QED) is 0.499. The van der Waals surface area contributed by atoms with E-state index in [-0.39, 0.29) is 5.41 Å². The summed E-state index contributed by atoms with van der Waals surface area (Å²) in [6, 6.07) is 15.8. The Balaban J connectivity index is 1.61. The molecule has 0 saturated carbocycles. The lowest BCUT2D eigenvalue weighted by Gasteiger charge is -2.40. The van der Waals surface area contributed by atoms with E-state index in [1.54, 1.807) is 12.1 Å². The molecule has 0 bridgehead atoms. The van der Waals surface area contributed by atoms with Gasteiger partial charge in [0.1, 0.15) is 0 Å². The lowest BCUT2D eigenvalue weighted by molar-refractivity contribution is -0.137. The van der Waals surface area contributed by atoms with Gasteiger partial charge in [-0.05, 0) is 59.0 Å². The summed E-state index contributed by atoms with van der Waals surface area (Å²) >= 11 is 0. The number of hydrogen-bond donors (Lipinski definition) is 0. The molecule has 2 aromatic carbocycles. The summed E-state index contributed by atoms with van der Waals surface area (Å²) in [4.78, 5) is 6.80. The van der Waals surface area contributed by atoms with Crippen molar-refractivity contribution in [3.8, 4) is 11.1 Å². The standard InChI is InChI=1S/C25H25F3N2/c1-17-4-5-18(13-29-17)14-30-15-21-12-20(8-11-23(21)24(2,3)16-30)19-6-9-22(10-7-19)25(26,27)28/h4-13H,14-16H2,1-3H3. The zero-order valence-corrected chi connectivity index (χ0v) is 17.4. The van der Waals surface area contributed by atoms with Gasteiger partial charge in [0, 0.05) is 36.9 Å². The Labute approximate surface area is 175 Å². The van der Waals surface area contributed by atoms with Crippen LogP contribution in [0.15, 0.2) is 60.8 Å². The number of pyridine rings is 1. The van der Waals surface area contributed by atoms with E-state index in [9.17, 15) is 13.2 Å². The fraction of sp³-hybridized carbons (Fsp3) is 0.320. The third kappa shape index (κ3) is 4.26. The molecule has 0 N–H and O–H groups in total. The molecule has 0 radical (unpaired) electrons. The van der Waals surface area contributed by atoms with Crippen LogP contribution in [0.5, 0.6) is 0 Å². The number of benzene rings is 2. The molecule has 1 aliphatic rings. The first-order valence-corrected chi connectivity index (χ1v) is 10.1. The molecule has 2 heterocycles. The lowest BCUT2D eigenvalue weighted by Crippen LogP contribution is -2.41. The molecular weight excluding hydrogens is 385 g/mol. The topological polar surface area (TPSA) is 16.1 Å². The Bertz CT molecular complexity index is 1040. The van der Waals surface area contributed by atoms with Crippen LogP contribution in [0.25, 0.3) is 11.1 Å². The fourth-order valence-corrected chi connectivity index (χ4v) is 4.32. The van der Waals surface area contributed by atoms with Gasteiger partial charge in [-0.2, -0.15) is 13.2 Å². The number of aromatic nitrogens is 1. The average Bonchev–Trinajstić information content (AvgIpc) is 2.68. The number of aryl methyl sites for hydroxylation is 1. The first-order valence-electron chi connectivity index (χ1n) is 10.1. The second-order valence-corrected chi connectivity index (χ2v) is 8.78. The van der Waals surface area contributed by atoms with E-state index < -0.39 is 11.7 Å². The van der Waals surface area contributed by atoms with Crippen LogP contribution in [0.3, 0.4) is 0 Å². The summed E-state index contributed by atoms with van der Waals surface area (Å²) in [6.07, 6.45) is -2.39. The van der Waals surface area contributed by atoms with Crippen molar-refractivity contribution in [3.63, 3.8) is 0 Å². The molecule has 0 atom stereocenters. The minimum Gasteiger partial charge on any atom is -0.294 e. The van der Waals surface area contributed by atoms with E-state index >= 15 is 0 Å². The highest BCUT2D eigenvalue weighted by Crippen LogP contribution is 2.37. The number of halogens is 3. The van der Waals surface area contributed by atoms with Crippen LogP contribution in [0.2, 0.25) is 0 Å². The van der Waals surface area contributed by atoms with Crippen LogP contribution in [-0.4, -0.2) is 16.4 Å². The largest absolute Gasteiger partial charge is 0.416 e. The summed E-state index contributed by atoms with van der Waals surface area (Å²) in [5, 5.41) is 0. The summed E-state index contributed by atoms with van der Waals surface area (Å²) in [6.45, 7) is 9.02. The molecule has 156 valence electrons. The Morgan fingerprint density at radius 3 is 2.30 bits per heavy atom. The molecule has 4 rings (SSSR count). The number of rotatable bonds is 3. The third-order valence-electron chi connectivity index (χ3n) is 5.77. The lowest BCUT2D eigenvalue weighted by atomic mass is 9.77. The molecule has 0 fully saturated rings. The Hall–Kier alpha value is -2.66. The van der Waals surface area contributed by atoms with Crippen LogP contribution in [0, 0.1) is 6.92 Å². The maximum atomic E-state index is 12.9. The zero-order chi connectivity index (χ0) is 21.5. The Kier molecular flexibility index (Phi) is 5.18. The second kappa shape index (κ2) is 7.55. The van der Waals surface area contributed by atoms with Gasteiger partial charge in [0.2, 0.25) is 0 Å². The molecule has 30 heavy (non-hydrogen) atoms. The monoisotopic (exact) mass is 410 g/mol. The normalized spacial score (nSPS) is 16.3. The minimum atomic E-state index is -4.32. The van der Waals surface area contributed by atoms with Crippen molar-refractivity contribution in [2.45, 2.75) is 45.5 Å². The highest BCUT2D eigenvalue weighted by Gasteiger charge is 2.32. The highest BCUT2D eigenvalue weighted by atomic mass is 19.4. The molecule has 1 aliphatic heterocycles. The molecule has 0 spiro atoms. The molecule has 0 saturated heterocycles. The highest BCUT2D eigenvalue weighted by molar-refractivity contribution is 5.66. The van der Waals surface area contributed by atoms with Gasteiger partial charge >= 0.3 is 6.18 Å². The van der Waals surface area contributed by atoms with E-state index in [2.05, 4.69) is 41.9 Å². The number of nitrogens with zero attached hydrogens (tertiary/aromatic N) is 2. The van der Waals surface area contributed by atoms with Crippen molar-refractivity contribution >= 4 is 0 Å². The van der Waals surface area contributed by atoms with Crippen LogP contribution in [0.4, 0.5) is 13.2 Å². The third-order valence-corrected chi connectivity index (χ3v) is 5.77. The Morgan fingerprint density at radius 1 is 0.967 bits per heavy atom. The maximum Gasteiger partial charge on any atom is 0.416 e. The van der Waals surface area contributed by atoms with Crippen molar-refractivity contribution in [2.24, 2.45) is 0 Å². The van der Waals surface area contributed by atoms with Crippen LogP contribution in [-0.2, 0) is 24.7 Å². The summed E-state index contributed by atoms with van der Waals surface area (Å²) in [7, 11) is 0. The zero-order valence-electron chi connectivity index (χ0n) is 17.4. The van der Waals surface area contributed by atoms with Gasteiger partial charge in [-0.3, -0.25) is 9.88 Å². The van der Waals surface area contributed by atoms with Gasteiger partial charge in [-0.15, -0.1) is 0 Å². The first-order chi connectivity index (χ1) is 14.1. The van der Waals surface area contributed by atoms with Crippen LogP contribution in [0.1, 0.15) is 41.8 Å². The summed E-state index contributed by atoms with van der Waals surface area (Å²) in [5.41, 5.74) is 5.82. The number of fused-ring (bicyclic) bond motifs is 1. The minimum absolute atomic E-state index is 0.00954. The van der Waals surface area contributed by atoms with Gasteiger partial charge in [-0.1, -0.05) is 44.2 Å². The van der Waals surface area contributed by atoms with Crippen molar-refractivity contribution < 1.29 is 13.2 Å². The smallest absolute Gasteiger partial charge is 0.294 e. The fourth-order valence-electron chi connectivity index (χ4n) is 4.32. The van der Waals surface area contributed by atoms with Gasteiger partial charge < -0.3 is 0 Å². The van der Waals surface area contributed by atoms with Gasteiger partial charge in [0.05, 0.1) is 5.56 Å². The van der Waals surface area contributed by atoms with Crippen molar-refractivity contribution in [2.75, 3.05) is 6.54 Å². The molecule has 0 amide bonds. The van der Waals surface area contributed by atoms with Gasteiger partial charge in [-0.25, -0.2) is 0 Å². The van der Waals surface area contributed by atoms with Crippen LogP contribution < -0.4 is 0 Å². The average molecular weight is 410 g/mol. The SMILES string of the molecule is Cc1ccc(CN2Cc3cc(-c4ccc(C(F)(F)F)cc4)ccc3C(C)(C)C2)cn1. The van der Waals surface area contributed by atoms with E-state index in [1.807, 2.05) is 25.3 Å². The van der Waals surface area contributed by atoms with Crippen molar-refractivity contribution in [3.05, 3.63) is 88.7 Å². The van der Waals surface area contributed by atoms with Crippen molar-refractivity contribution in [1.29, 1.82) is 0 Å². The first kappa shape index (κ1) is 20.6. The predicted molar refractivity (Wildman–Crippen MR) is 113 cm³/mol. The van der Waals surface area contributed by atoms with E-state index in [0.717, 1.165) is 48.6 Å². The Morgan fingerprint density at radius 2 is 1.67 bits per heavy atom. The molecule has 0 unspecified atom stereocenters. The summed E-state index contributed by atoms with van der Waals surface area (Å²) in [5.74, 6) is 0. The molecular formula is C25H25F3N2. The molecule has 1 aromatic heterocycles. The molecule has 5 heteroatoms. The number of alkyl halides is 3. The second-order valence-electron chi connectivity index (χ2n) is 8.78. The van der Waals surface area contributed by atoms with Crippen molar-refractivity contribution in [1.82, 2.24) is 9.88 Å². The maximum absolute atomic E-state index is 12.9. The van der Waals surface area contributed by atoms with E-state index in [4.69, 9.17) is 0 Å². The van der Waals surface area contributed by atoms with Gasteiger partial charge in [0.15, 0.2) is 0 Å². The number of hydrogen-bond acceptors (Lipinski definition) is 2. The van der Waals surface area contributed by atoms with Gasteiger partial charge in [0.25, 0.3) is 0 Å². The van der Waals surface area contributed by atoms with E-state index in [1.165, 1.54) is 16.7 Å². The molecule has 2 nitrogen and oxygen atoms in total. The predicted octanol–water partition coefficient (Wildman–Crippen LogP) is 6.37. The molecule has 3 aromatic rings. The molecule has 0 aliphatic carbocycles. The van der Waals surface area contributed by atoms with E-state index in [0.29, 0.717) is 0 Å².